The highest BCUT2D eigenvalue weighted by atomic mass is 16.8. The van der Waals surface area contributed by atoms with Gasteiger partial charge in [0.15, 0.2) is 29.3 Å². The summed E-state index contributed by atoms with van der Waals surface area (Å²) >= 11 is 0. The van der Waals surface area contributed by atoms with Crippen LogP contribution in [0.25, 0.3) is 22.6 Å². The number of phenols is 1. The summed E-state index contributed by atoms with van der Waals surface area (Å²) in [5, 5.41) is 113. The van der Waals surface area contributed by atoms with Gasteiger partial charge in [0.25, 0.3) is 0 Å². The van der Waals surface area contributed by atoms with Gasteiger partial charge in [0.1, 0.15) is 78.3 Å². The van der Waals surface area contributed by atoms with Crippen molar-refractivity contribution < 1.29 is 89.0 Å². The fourth-order valence-corrected chi connectivity index (χ4v) is 5.92. The molecule has 19 nitrogen and oxygen atoms in total. The molecule has 4 aliphatic heterocycles. The van der Waals surface area contributed by atoms with Gasteiger partial charge in [0.2, 0.25) is 12.6 Å². The Kier molecular flexibility index (Phi) is 11.1. The maximum absolute atomic E-state index is 12.8. The Morgan fingerprint density at radius 1 is 0.667 bits per heavy atom. The van der Waals surface area contributed by atoms with Crippen LogP contribution >= 0.6 is 0 Å². The smallest absolute Gasteiger partial charge is 0.229 e. The first kappa shape index (κ1) is 37.3. The molecule has 0 amide bonds. The standard InChI is InChI=1S/C32H38O19/c33-8-19-22(39)24(41)27(44)31(49-19)47-17-6-13(36)5-16-14(17)7-18(28(46-16)11-1-3-12(35)4-2-11)48-32-29(25(42)23(40)20(9-34)50-32)51-30-26(43)21(38)15(37)10-45-30/h1-7,15,19-27,29-35,37-44H,8-10H2/t15-,19-,20-,21+,22-,23-,24+,25+,26-,27-,29-,30+,31-,32-/m1/s1. The molecule has 280 valence electrons. The lowest BCUT2D eigenvalue weighted by Crippen LogP contribution is -2.63. The Morgan fingerprint density at radius 3 is 1.94 bits per heavy atom. The maximum Gasteiger partial charge on any atom is 0.229 e. The van der Waals surface area contributed by atoms with Crippen LogP contribution in [0.4, 0.5) is 0 Å². The van der Waals surface area contributed by atoms with Gasteiger partial charge in [-0.05, 0) is 30.3 Å². The monoisotopic (exact) mass is 726 g/mol. The highest BCUT2D eigenvalue weighted by Gasteiger charge is 2.50. The zero-order valence-corrected chi connectivity index (χ0v) is 26.4. The lowest BCUT2D eigenvalue weighted by molar-refractivity contribution is -0.344. The number of hydrogen-bond donors (Lipinski definition) is 11. The Morgan fingerprint density at radius 2 is 1.27 bits per heavy atom. The van der Waals surface area contributed by atoms with Crippen molar-refractivity contribution in [3.05, 3.63) is 52.7 Å². The van der Waals surface area contributed by atoms with E-state index in [1.54, 1.807) is 0 Å². The minimum Gasteiger partial charge on any atom is -0.508 e. The van der Waals surface area contributed by atoms with Crippen molar-refractivity contribution in [3.63, 3.8) is 0 Å². The Balaban J connectivity index is 1.42. The average molecular weight is 727 g/mol. The van der Waals surface area contributed by atoms with Gasteiger partial charge in [0, 0.05) is 17.7 Å². The topological polar surface area (TPSA) is 308 Å². The molecule has 0 radical (unpaired) electrons. The van der Waals surface area contributed by atoms with Crippen LogP contribution in [0.15, 0.2) is 51.7 Å². The number of phenolic OH excluding ortho intramolecular Hbond substituents is 1. The molecule has 1 aromatic rings. The van der Waals surface area contributed by atoms with Gasteiger partial charge in [-0.1, -0.05) is 0 Å². The number of fused-ring (bicyclic) bond motifs is 1. The number of aliphatic hydroxyl groups is 10. The van der Waals surface area contributed by atoms with Crippen LogP contribution in [0, 0.1) is 0 Å². The minimum absolute atomic E-state index is 0.000182. The molecule has 4 heterocycles. The van der Waals surface area contributed by atoms with Crippen molar-refractivity contribution in [1.29, 1.82) is 0 Å². The predicted octanol–water partition coefficient (Wildman–Crippen LogP) is -4.06. The molecule has 19 heteroatoms. The third kappa shape index (κ3) is 7.40. The second-order valence-electron chi connectivity index (χ2n) is 12.3. The maximum atomic E-state index is 12.8. The third-order valence-electron chi connectivity index (χ3n) is 8.82. The van der Waals surface area contributed by atoms with Gasteiger partial charge < -0.3 is 89.0 Å². The number of aromatic hydroxyl groups is 1. The van der Waals surface area contributed by atoms with Gasteiger partial charge in [-0.2, -0.15) is 0 Å². The van der Waals surface area contributed by atoms with Crippen LogP contribution < -0.4 is 14.9 Å². The predicted molar refractivity (Wildman–Crippen MR) is 164 cm³/mol. The lowest BCUT2D eigenvalue weighted by atomic mass is 9.98. The molecular formula is C32H38O19. The normalized spacial score (nSPS) is 37.3. The highest BCUT2D eigenvalue weighted by molar-refractivity contribution is 5.75. The molecule has 0 bridgehead atoms. The number of rotatable bonds is 9. The molecule has 1 aliphatic carbocycles. The molecule has 0 aromatic heterocycles. The first-order valence-electron chi connectivity index (χ1n) is 15.8. The van der Waals surface area contributed by atoms with E-state index in [-0.39, 0.29) is 39.9 Å². The van der Waals surface area contributed by atoms with Crippen LogP contribution in [0.3, 0.4) is 0 Å². The van der Waals surface area contributed by atoms with E-state index < -0.39 is 111 Å². The fourth-order valence-electron chi connectivity index (χ4n) is 5.92. The highest BCUT2D eigenvalue weighted by Crippen LogP contribution is 2.43. The zero-order valence-electron chi connectivity index (χ0n) is 26.4. The van der Waals surface area contributed by atoms with E-state index in [0.29, 0.717) is 0 Å². The molecule has 5 aliphatic rings. The van der Waals surface area contributed by atoms with Crippen molar-refractivity contribution in [2.45, 2.75) is 86.0 Å². The van der Waals surface area contributed by atoms with E-state index in [4.69, 9.17) is 32.8 Å². The van der Waals surface area contributed by atoms with Crippen LogP contribution in [0.2, 0.25) is 0 Å². The van der Waals surface area contributed by atoms with E-state index in [9.17, 15) is 61.0 Å². The van der Waals surface area contributed by atoms with Gasteiger partial charge in [-0.3, -0.25) is 4.79 Å². The lowest BCUT2D eigenvalue weighted by Gasteiger charge is -2.44. The van der Waals surface area contributed by atoms with E-state index in [1.807, 2.05) is 0 Å². The molecule has 3 fully saturated rings. The van der Waals surface area contributed by atoms with Gasteiger partial charge >= 0.3 is 0 Å². The van der Waals surface area contributed by atoms with Crippen LogP contribution in [-0.4, -0.2) is 162 Å². The van der Waals surface area contributed by atoms with E-state index in [1.165, 1.54) is 30.3 Å². The summed E-state index contributed by atoms with van der Waals surface area (Å²) in [6, 6.07) is 8.89. The van der Waals surface area contributed by atoms with Crippen molar-refractivity contribution in [3.8, 4) is 39.9 Å². The summed E-state index contributed by atoms with van der Waals surface area (Å²) in [6.07, 6.45) is -23.5. The van der Waals surface area contributed by atoms with Gasteiger partial charge in [-0.15, -0.1) is 0 Å². The van der Waals surface area contributed by atoms with E-state index >= 15 is 0 Å². The first-order valence-corrected chi connectivity index (χ1v) is 15.8. The SMILES string of the molecule is O=c1cc2oc(-c3ccc(O)cc3)c(O[C@@H]3O[C@H](CO)[C@@H](O)[C@H](O)[C@H]3O[C@@H]3OC[C@@H](O)[C@H](O)[C@H]3O)cc-2c(O[C@@H]2O[C@H](CO)[C@@H](O)[C@H](O)[C@H]2O)c1. The molecule has 0 unspecified atom stereocenters. The van der Waals surface area contributed by atoms with E-state index in [0.717, 1.165) is 12.1 Å². The second kappa shape index (κ2) is 15.2. The van der Waals surface area contributed by atoms with Crippen LogP contribution in [0.5, 0.6) is 17.2 Å². The molecule has 51 heavy (non-hydrogen) atoms. The number of ether oxygens (including phenoxy) is 6. The van der Waals surface area contributed by atoms with Gasteiger partial charge in [-0.25, -0.2) is 0 Å². The quantitative estimate of drug-likeness (QED) is 0.0999. The molecule has 3 saturated heterocycles. The van der Waals surface area contributed by atoms with Crippen LogP contribution in [0.1, 0.15) is 0 Å². The summed E-state index contributed by atoms with van der Waals surface area (Å²) in [6.45, 7) is -2.01. The van der Waals surface area contributed by atoms with Crippen molar-refractivity contribution >= 4 is 0 Å². The average Bonchev–Trinajstić information content (AvgIpc) is 3.11. The number of hydrogen-bond acceptors (Lipinski definition) is 19. The summed E-state index contributed by atoms with van der Waals surface area (Å²) in [5.74, 6) is -0.804. The summed E-state index contributed by atoms with van der Waals surface area (Å²) in [5.41, 5.74) is -0.366. The van der Waals surface area contributed by atoms with Crippen molar-refractivity contribution in [2.24, 2.45) is 0 Å². The molecule has 6 rings (SSSR count). The van der Waals surface area contributed by atoms with Crippen LogP contribution in [-0.2, 0) is 18.9 Å². The number of aliphatic hydroxyl groups excluding tert-OH is 10. The summed E-state index contributed by atoms with van der Waals surface area (Å²) < 4.78 is 40.3. The molecule has 14 atom stereocenters. The summed E-state index contributed by atoms with van der Waals surface area (Å²) in [4.78, 5) is 12.8. The first-order chi connectivity index (χ1) is 24.3. The Hall–Kier alpha value is -3.51. The molecule has 11 N–H and O–H groups in total. The Labute approximate surface area is 287 Å². The second-order valence-corrected chi connectivity index (χ2v) is 12.3. The zero-order chi connectivity index (χ0) is 36.7. The number of benzene rings is 2. The molecule has 0 spiro atoms. The van der Waals surface area contributed by atoms with E-state index in [2.05, 4.69) is 0 Å². The third-order valence-corrected chi connectivity index (χ3v) is 8.82. The van der Waals surface area contributed by atoms with Crippen molar-refractivity contribution in [2.75, 3.05) is 19.8 Å². The molecule has 0 saturated carbocycles. The van der Waals surface area contributed by atoms with Gasteiger partial charge in [0.05, 0.1) is 25.4 Å². The largest absolute Gasteiger partial charge is 0.508 e. The minimum atomic E-state index is -1.86. The Bertz CT molecular complexity index is 1650. The molecular weight excluding hydrogens is 688 g/mol. The van der Waals surface area contributed by atoms with Crippen molar-refractivity contribution in [1.82, 2.24) is 0 Å². The summed E-state index contributed by atoms with van der Waals surface area (Å²) in [7, 11) is 0. The fraction of sp³-hybridized carbons (Fsp3) is 0.531. The molecule has 1 aromatic carbocycles.